The van der Waals surface area contributed by atoms with Gasteiger partial charge in [-0.25, -0.2) is 4.79 Å². The van der Waals surface area contributed by atoms with Crippen LogP contribution in [0.2, 0.25) is 0 Å². The lowest BCUT2D eigenvalue weighted by Gasteiger charge is -2.46. The number of carbonyl (C=O) groups excluding carboxylic acids is 1. The van der Waals surface area contributed by atoms with Crippen LogP contribution in [0.1, 0.15) is 68.9 Å². The summed E-state index contributed by atoms with van der Waals surface area (Å²) in [6, 6.07) is 9.16. The van der Waals surface area contributed by atoms with E-state index in [-0.39, 0.29) is 24.2 Å². The molecule has 3 aliphatic heterocycles. The number of rotatable bonds is 4. The molecule has 1 N–H and O–H groups in total. The van der Waals surface area contributed by atoms with E-state index in [0.717, 1.165) is 25.9 Å². The monoisotopic (exact) mass is 398 g/mol. The maximum Gasteiger partial charge on any atom is 0.410 e. The Morgan fingerprint density at radius 2 is 1.97 bits per heavy atom. The second kappa shape index (κ2) is 7.92. The smallest absolute Gasteiger partial charge is 0.410 e. The minimum absolute atomic E-state index is 0.0292. The number of piperidine rings is 2. The van der Waals surface area contributed by atoms with Crippen molar-refractivity contribution < 1.29 is 14.6 Å². The molecular formula is C24H34N2O3. The van der Waals surface area contributed by atoms with E-state index in [9.17, 15) is 9.90 Å². The van der Waals surface area contributed by atoms with E-state index < -0.39 is 6.10 Å². The van der Waals surface area contributed by atoms with E-state index in [2.05, 4.69) is 29.2 Å². The van der Waals surface area contributed by atoms with E-state index in [0.29, 0.717) is 18.4 Å². The molecule has 1 saturated carbocycles. The van der Waals surface area contributed by atoms with Crippen molar-refractivity contribution in [1.29, 1.82) is 0 Å². The van der Waals surface area contributed by atoms with Crippen molar-refractivity contribution >= 4 is 6.09 Å². The molecule has 5 rings (SSSR count). The molecule has 0 spiro atoms. The zero-order valence-corrected chi connectivity index (χ0v) is 17.5. The summed E-state index contributed by atoms with van der Waals surface area (Å²) < 4.78 is 5.31. The zero-order valence-electron chi connectivity index (χ0n) is 17.5. The number of fused-ring (bicyclic) bond motifs is 2. The molecule has 4 fully saturated rings. The highest BCUT2D eigenvalue weighted by molar-refractivity contribution is 5.70. The van der Waals surface area contributed by atoms with Crippen molar-refractivity contribution in [2.75, 3.05) is 13.2 Å². The Kier molecular flexibility index (Phi) is 5.29. The fraction of sp³-hybridized carbons (Fsp3) is 0.708. The van der Waals surface area contributed by atoms with Crippen LogP contribution in [0.5, 0.6) is 0 Å². The maximum atomic E-state index is 12.5. The van der Waals surface area contributed by atoms with Gasteiger partial charge in [0.1, 0.15) is 0 Å². The Balaban J connectivity index is 1.34. The van der Waals surface area contributed by atoms with Crippen molar-refractivity contribution in [3.8, 4) is 0 Å². The fourth-order valence-electron chi connectivity index (χ4n) is 6.63. The van der Waals surface area contributed by atoms with Gasteiger partial charge in [0, 0.05) is 13.1 Å². The summed E-state index contributed by atoms with van der Waals surface area (Å²) in [5, 5.41) is 11.1. The number of aliphatic hydroxyl groups is 1. The quantitative estimate of drug-likeness (QED) is 0.836. The third-order valence-corrected chi connectivity index (χ3v) is 7.81. The summed E-state index contributed by atoms with van der Waals surface area (Å²) in [6.07, 6.45) is 7.88. The van der Waals surface area contributed by atoms with Gasteiger partial charge in [-0.3, -0.25) is 9.80 Å². The molecule has 0 radical (unpaired) electrons. The zero-order chi connectivity index (χ0) is 20.0. The van der Waals surface area contributed by atoms with Gasteiger partial charge in [-0.15, -0.1) is 0 Å². The minimum atomic E-state index is -0.474. The first-order valence-corrected chi connectivity index (χ1v) is 11.6. The number of carbonyl (C=O) groups is 1. The summed E-state index contributed by atoms with van der Waals surface area (Å²) >= 11 is 0. The molecular weight excluding hydrogens is 364 g/mol. The molecule has 1 aliphatic carbocycles. The molecule has 3 bridgehead atoms. The average molecular weight is 399 g/mol. The highest BCUT2D eigenvalue weighted by Crippen LogP contribution is 2.46. The molecule has 5 atom stereocenters. The number of aliphatic hydroxyl groups excluding tert-OH is 1. The lowest BCUT2D eigenvalue weighted by molar-refractivity contribution is 0.00752. The van der Waals surface area contributed by atoms with Crippen LogP contribution < -0.4 is 0 Å². The second-order valence-electron chi connectivity index (χ2n) is 9.57. The Hall–Kier alpha value is -1.59. The fourth-order valence-corrected chi connectivity index (χ4v) is 6.63. The van der Waals surface area contributed by atoms with Gasteiger partial charge >= 0.3 is 6.09 Å². The van der Waals surface area contributed by atoms with Crippen LogP contribution in [0.3, 0.4) is 0 Å². The van der Waals surface area contributed by atoms with Crippen molar-refractivity contribution in [1.82, 2.24) is 9.80 Å². The van der Waals surface area contributed by atoms with Gasteiger partial charge in [-0.1, -0.05) is 43.5 Å². The summed E-state index contributed by atoms with van der Waals surface area (Å²) in [4.78, 5) is 16.8. The van der Waals surface area contributed by atoms with E-state index in [4.69, 9.17) is 4.74 Å². The minimum Gasteiger partial charge on any atom is -0.450 e. The SMILES string of the molecule is CCOC(=O)N1C2CC3CC1[C@H](O)C2N(Cc1cccc(C2CCCCC2)c1)C3. The predicted octanol–water partition coefficient (Wildman–Crippen LogP) is 3.90. The lowest BCUT2D eigenvalue weighted by Crippen LogP contribution is -2.57. The van der Waals surface area contributed by atoms with Crippen molar-refractivity contribution in [2.45, 2.75) is 88.6 Å². The molecule has 5 nitrogen and oxygen atoms in total. The van der Waals surface area contributed by atoms with Crippen molar-refractivity contribution in [3.05, 3.63) is 35.4 Å². The molecule has 0 aromatic heterocycles. The Labute approximate surface area is 174 Å². The Morgan fingerprint density at radius 3 is 2.76 bits per heavy atom. The third-order valence-electron chi connectivity index (χ3n) is 7.81. The third kappa shape index (κ3) is 3.46. The summed E-state index contributed by atoms with van der Waals surface area (Å²) in [7, 11) is 0. The number of likely N-dealkylation sites (tertiary alicyclic amines) is 1. The maximum absolute atomic E-state index is 12.5. The Morgan fingerprint density at radius 1 is 1.17 bits per heavy atom. The van der Waals surface area contributed by atoms with Crippen LogP contribution in [0.25, 0.3) is 0 Å². The normalized spacial score (nSPS) is 34.6. The predicted molar refractivity (Wildman–Crippen MR) is 112 cm³/mol. The second-order valence-corrected chi connectivity index (χ2v) is 9.57. The van der Waals surface area contributed by atoms with Crippen LogP contribution in [0, 0.1) is 5.92 Å². The average Bonchev–Trinajstić information content (AvgIpc) is 2.84. The van der Waals surface area contributed by atoms with Crippen molar-refractivity contribution in [2.24, 2.45) is 5.92 Å². The first-order valence-electron chi connectivity index (χ1n) is 11.6. The van der Waals surface area contributed by atoms with Crippen LogP contribution in [-0.4, -0.2) is 58.4 Å². The number of hydrogen-bond donors (Lipinski definition) is 1. The largest absolute Gasteiger partial charge is 0.450 e. The number of ether oxygens (including phenoxy) is 1. The van der Waals surface area contributed by atoms with Gasteiger partial charge in [0.25, 0.3) is 0 Å². The highest BCUT2D eigenvalue weighted by Gasteiger charge is 2.59. The van der Waals surface area contributed by atoms with Crippen LogP contribution in [0.15, 0.2) is 24.3 Å². The summed E-state index contributed by atoms with van der Waals surface area (Å²) in [5.74, 6) is 1.27. The Bertz CT molecular complexity index is 747. The molecule has 158 valence electrons. The van der Waals surface area contributed by atoms with E-state index in [1.54, 1.807) is 0 Å². The van der Waals surface area contributed by atoms with Crippen LogP contribution >= 0.6 is 0 Å². The van der Waals surface area contributed by atoms with E-state index >= 15 is 0 Å². The first kappa shape index (κ1) is 19.4. The molecule has 1 aromatic carbocycles. The molecule has 29 heavy (non-hydrogen) atoms. The number of hydrogen-bond acceptors (Lipinski definition) is 4. The molecule has 1 amide bonds. The topological polar surface area (TPSA) is 53.0 Å². The number of benzene rings is 1. The van der Waals surface area contributed by atoms with Crippen LogP contribution in [0.4, 0.5) is 4.79 Å². The molecule has 4 unspecified atom stereocenters. The van der Waals surface area contributed by atoms with Gasteiger partial charge in [-0.2, -0.15) is 0 Å². The standard InChI is InChI=1S/C24H34N2O3/c1-2-29-24(28)26-20-12-17-13-21(26)23(27)22(20)25(15-17)14-16-7-6-10-19(11-16)18-8-4-3-5-9-18/h6-7,10-11,17-18,20-23,27H,2-5,8-9,12-15H2,1H3/t17?,20?,21?,22?,23-/m0/s1. The number of nitrogens with zero attached hydrogens (tertiary/aromatic N) is 2. The molecule has 4 aliphatic rings. The van der Waals surface area contributed by atoms with E-state index in [1.807, 2.05) is 11.8 Å². The molecule has 5 heteroatoms. The number of amides is 1. The van der Waals surface area contributed by atoms with Gasteiger partial charge in [0.15, 0.2) is 0 Å². The van der Waals surface area contributed by atoms with Crippen LogP contribution in [-0.2, 0) is 11.3 Å². The molecule has 1 aromatic rings. The first-order chi connectivity index (χ1) is 14.2. The van der Waals surface area contributed by atoms with Crippen molar-refractivity contribution in [3.63, 3.8) is 0 Å². The molecule has 3 saturated heterocycles. The van der Waals surface area contributed by atoms with Gasteiger partial charge in [0.05, 0.1) is 30.8 Å². The van der Waals surface area contributed by atoms with Gasteiger partial charge in [-0.05, 0) is 55.6 Å². The lowest BCUT2D eigenvalue weighted by atomic mass is 9.83. The van der Waals surface area contributed by atoms with Gasteiger partial charge < -0.3 is 9.84 Å². The van der Waals surface area contributed by atoms with Gasteiger partial charge in [0.2, 0.25) is 0 Å². The molecule has 3 heterocycles. The summed E-state index contributed by atoms with van der Waals surface area (Å²) in [6.45, 7) is 4.12. The van der Waals surface area contributed by atoms with E-state index in [1.165, 1.54) is 43.2 Å². The highest BCUT2D eigenvalue weighted by atomic mass is 16.6. The summed E-state index contributed by atoms with van der Waals surface area (Å²) in [5.41, 5.74) is 2.83.